The largest absolute Gasteiger partial charge is 0.497 e. The third kappa shape index (κ3) is 5.49. The highest BCUT2D eigenvalue weighted by molar-refractivity contribution is 5.98. The van der Waals surface area contributed by atoms with Gasteiger partial charge in [0.25, 0.3) is 0 Å². The van der Waals surface area contributed by atoms with Crippen LogP contribution >= 0.6 is 0 Å². The molecule has 0 heterocycles. The van der Waals surface area contributed by atoms with E-state index in [1.54, 1.807) is 21.1 Å². The second-order valence-corrected chi connectivity index (χ2v) is 8.19. The van der Waals surface area contributed by atoms with Gasteiger partial charge in [0.2, 0.25) is 0 Å². The first-order chi connectivity index (χ1) is 15.4. The van der Waals surface area contributed by atoms with Crippen LogP contribution in [0, 0.1) is 0 Å². The van der Waals surface area contributed by atoms with Gasteiger partial charge in [0.05, 0.1) is 27.2 Å². The molecule has 1 atom stereocenters. The molecule has 0 fully saturated rings. The molecule has 6 heteroatoms. The molecule has 1 N–H and O–H groups in total. The van der Waals surface area contributed by atoms with Crippen molar-refractivity contribution >= 4 is 11.8 Å². The molecular weight excluding hydrogens is 408 g/mol. The predicted molar refractivity (Wildman–Crippen MR) is 121 cm³/mol. The van der Waals surface area contributed by atoms with Crippen LogP contribution < -0.4 is 9.47 Å². The van der Waals surface area contributed by atoms with Gasteiger partial charge >= 0.3 is 5.97 Å². The first kappa shape index (κ1) is 23.8. The number of hydrogen-bond donors (Lipinski definition) is 1. The lowest BCUT2D eigenvalue weighted by atomic mass is 9.77. The number of aliphatic hydroxyl groups is 1. The van der Waals surface area contributed by atoms with Crippen LogP contribution in [0.25, 0.3) is 0 Å². The van der Waals surface area contributed by atoms with Crippen molar-refractivity contribution in [2.75, 3.05) is 20.8 Å². The van der Waals surface area contributed by atoms with E-state index in [0.29, 0.717) is 25.2 Å². The number of fused-ring (bicyclic) bond motifs is 2. The van der Waals surface area contributed by atoms with Crippen LogP contribution in [0.1, 0.15) is 66.1 Å². The second kappa shape index (κ2) is 10.6. The van der Waals surface area contributed by atoms with Gasteiger partial charge in [0.15, 0.2) is 5.78 Å². The minimum atomic E-state index is -1.13. The van der Waals surface area contributed by atoms with Crippen LogP contribution in [0.2, 0.25) is 0 Å². The molecule has 172 valence electrons. The summed E-state index contributed by atoms with van der Waals surface area (Å²) in [5.74, 6) is 1.36. The molecular formula is C26H32O6. The monoisotopic (exact) mass is 440 g/mol. The van der Waals surface area contributed by atoms with Crippen molar-refractivity contribution in [3.63, 3.8) is 0 Å². The Hall–Kier alpha value is -2.86. The number of carbonyl (C=O) groups excluding carboxylic acids is 2. The maximum absolute atomic E-state index is 11.7. The molecule has 0 spiro atoms. The zero-order chi connectivity index (χ0) is 23.1. The number of rotatable bonds is 5. The summed E-state index contributed by atoms with van der Waals surface area (Å²) in [6.45, 7) is 2.10. The average Bonchev–Trinajstić information content (AvgIpc) is 2.79. The van der Waals surface area contributed by atoms with Crippen molar-refractivity contribution in [1.29, 1.82) is 0 Å². The molecule has 2 aromatic rings. The minimum Gasteiger partial charge on any atom is -0.497 e. The molecule has 0 amide bonds. The van der Waals surface area contributed by atoms with Gasteiger partial charge in [-0.3, -0.25) is 9.59 Å². The number of carbonyl (C=O) groups is 2. The van der Waals surface area contributed by atoms with Gasteiger partial charge in [-0.15, -0.1) is 0 Å². The van der Waals surface area contributed by atoms with Gasteiger partial charge in [-0.2, -0.15) is 0 Å². The van der Waals surface area contributed by atoms with Gasteiger partial charge in [0.1, 0.15) is 17.1 Å². The Bertz CT molecular complexity index is 967. The number of methoxy groups -OCH3 is 2. The van der Waals surface area contributed by atoms with Crippen molar-refractivity contribution in [3.8, 4) is 11.5 Å². The average molecular weight is 441 g/mol. The molecule has 0 aromatic heterocycles. The summed E-state index contributed by atoms with van der Waals surface area (Å²) in [5.41, 5.74) is 2.77. The Labute approximate surface area is 189 Å². The van der Waals surface area contributed by atoms with Crippen LogP contribution in [-0.2, 0) is 28.0 Å². The second-order valence-electron chi connectivity index (χ2n) is 8.19. The Morgan fingerprint density at radius 3 is 2.31 bits per heavy atom. The van der Waals surface area contributed by atoms with E-state index in [1.165, 1.54) is 0 Å². The Morgan fingerprint density at radius 2 is 1.62 bits per heavy atom. The summed E-state index contributed by atoms with van der Waals surface area (Å²) < 4.78 is 15.2. The quantitative estimate of drug-likeness (QED) is 0.695. The van der Waals surface area contributed by atoms with E-state index in [0.717, 1.165) is 53.7 Å². The summed E-state index contributed by atoms with van der Waals surface area (Å²) >= 11 is 0. The van der Waals surface area contributed by atoms with Gasteiger partial charge in [-0.05, 0) is 80.0 Å². The minimum absolute atomic E-state index is 0.001000. The normalized spacial score (nSPS) is 19.1. The van der Waals surface area contributed by atoms with Crippen LogP contribution in [0.15, 0.2) is 36.4 Å². The number of Topliss-reactive ketones (excluding diaryl/α,β-unsaturated/α-hetero) is 1. The molecule has 0 bridgehead atoms. The third-order valence-electron chi connectivity index (χ3n) is 6.06. The van der Waals surface area contributed by atoms with Crippen molar-refractivity contribution in [2.24, 2.45) is 0 Å². The lowest BCUT2D eigenvalue weighted by Crippen LogP contribution is -2.33. The Morgan fingerprint density at radius 1 is 0.969 bits per heavy atom. The van der Waals surface area contributed by atoms with E-state index in [-0.39, 0.29) is 18.2 Å². The van der Waals surface area contributed by atoms with E-state index >= 15 is 0 Å². The summed E-state index contributed by atoms with van der Waals surface area (Å²) in [5, 5.41) is 10.8. The molecule has 2 aromatic carbocycles. The smallest absolute Gasteiger partial charge is 0.309 e. The zero-order valence-electron chi connectivity index (χ0n) is 19.1. The number of hydrogen-bond acceptors (Lipinski definition) is 6. The molecule has 0 saturated heterocycles. The van der Waals surface area contributed by atoms with Crippen LogP contribution in [0.5, 0.6) is 11.5 Å². The standard InChI is InChI=1S/C15H20O4.C11H12O2/c1-3-19-14(16)10-15(17)8-4-5-11-6-7-12(18-2)9-13(11)15;1-13-9-6-5-8-3-2-4-11(12)10(8)7-9/h6-7,9,17H,3-5,8,10H2,1-2H3;5-7H,2-4H2,1H3. The molecule has 2 aliphatic carbocycles. The van der Waals surface area contributed by atoms with Crippen molar-refractivity contribution in [1.82, 2.24) is 0 Å². The van der Waals surface area contributed by atoms with E-state index in [1.807, 2.05) is 36.4 Å². The zero-order valence-corrected chi connectivity index (χ0v) is 19.1. The Balaban J connectivity index is 0.000000193. The van der Waals surface area contributed by atoms with E-state index in [9.17, 15) is 14.7 Å². The van der Waals surface area contributed by atoms with Crippen molar-refractivity contribution in [2.45, 2.75) is 57.5 Å². The molecule has 32 heavy (non-hydrogen) atoms. The topological polar surface area (TPSA) is 82.1 Å². The van der Waals surface area contributed by atoms with Crippen LogP contribution in [-0.4, -0.2) is 37.7 Å². The molecule has 4 rings (SSSR count). The van der Waals surface area contributed by atoms with Crippen LogP contribution in [0.3, 0.4) is 0 Å². The van der Waals surface area contributed by atoms with Gasteiger partial charge in [0, 0.05) is 12.0 Å². The highest BCUT2D eigenvalue weighted by Crippen LogP contribution is 2.39. The molecule has 0 saturated carbocycles. The van der Waals surface area contributed by atoms with Gasteiger partial charge in [-0.1, -0.05) is 12.1 Å². The maximum Gasteiger partial charge on any atom is 0.309 e. The number of ether oxygens (including phenoxy) is 3. The predicted octanol–water partition coefficient (Wildman–Crippen LogP) is 4.39. The maximum atomic E-state index is 11.7. The van der Waals surface area contributed by atoms with E-state index in [2.05, 4.69) is 0 Å². The van der Waals surface area contributed by atoms with Crippen molar-refractivity contribution < 1.29 is 28.9 Å². The SMILES string of the molecule is CCOC(=O)CC1(O)CCCc2ccc(OC)cc21.COc1ccc2c(c1)C(=O)CCC2. The fourth-order valence-electron chi connectivity index (χ4n) is 4.41. The number of esters is 1. The number of ketones is 1. The molecule has 0 aliphatic heterocycles. The lowest BCUT2D eigenvalue weighted by molar-refractivity contribution is -0.149. The molecule has 6 nitrogen and oxygen atoms in total. The van der Waals surface area contributed by atoms with Crippen LogP contribution in [0.4, 0.5) is 0 Å². The molecule has 2 aliphatic rings. The summed E-state index contributed by atoms with van der Waals surface area (Å²) in [6.07, 6.45) is 5.05. The van der Waals surface area contributed by atoms with Gasteiger partial charge in [-0.25, -0.2) is 0 Å². The number of aryl methyl sites for hydroxylation is 2. The molecule has 1 unspecified atom stereocenters. The first-order valence-electron chi connectivity index (χ1n) is 11.2. The highest BCUT2D eigenvalue weighted by Gasteiger charge is 2.37. The van der Waals surface area contributed by atoms with Gasteiger partial charge < -0.3 is 19.3 Å². The summed E-state index contributed by atoms with van der Waals surface area (Å²) in [6, 6.07) is 11.4. The highest BCUT2D eigenvalue weighted by atomic mass is 16.5. The lowest BCUT2D eigenvalue weighted by Gasteiger charge is -2.34. The fourth-order valence-corrected chi connectivity index (χ4v) is 4.41. The first-order valence-corrected chi connectivity index (χ1v) is 11.2. The fraction of sp³-hybridized carbons (Fsp3) is 0.462. The summed E-state index contributed by atoms with van der Waals surface area (Å²) in [4.78, 5) is 23.2. The molecule has 0 radical (unpaired) electrons. The third-order valence-corrected chi connectivity index (χ3v) is 6.06. The van der Waals surface area contributed by atoms with Crippen molar-refractivity contribution in [3.05, 3.63) is 58.7 Å². The van der Waals surface area contributed by atoms with E-state index < -0.39 is 5.60 Å². The Kier molecular flexibility index (Phi) is 7.91. The van der Waals surface area contributed by atoms with E-state index in [4.69, 9.17) is 14.2 Å². The number of benzene rings is 2. The summed E-state index contributed by atoms with van der Waals surface area (Å²) in [7, 11) is 3.21.